The van der Waals surface area contributed by atoms with Crippen LogP contribution >= 0.6 is 0 Å². The molecule has 0 saturated carbocycles. The van der Waals surface area contributed by atoms with Crippen LogP contribution in [0.3, 0.4) is 0 Å². The maximum absolute atomic E-state index is 12.3. The highest BCUT2D eigenvalue weighted by Gasteiger charge is 2.68. The lowest BCUT2D eigenvalue weighted by Crippen LogP contribution is -2.71. The first-order valence-corrected chi connectivity index (χ1v) is 8.12. The van der Waals surface area contributed by atoms with Crippen molar-refractivity contribution in [2.75, 3.05) is 0 Å². The summed E-state index contributed by atoms with van der Waals surface area (Å²) in [6, 6.07) is 2.84. The molecule has 2 heterocycles. The quantitative estimate of drug-likeness (QED) is 0.258. The summed E-state index contributed by atoms with van der Waals surface area (Å²) in [6.45, 7) is 3.02. The van der Waals surface area contributed by atoms with E-state index >= 15 is 0 Å². The van der Waals surface area contributed by atoms with E-state index in [2.05, 4.69) is 0 Å². The van der Waals surface area contributed by atoms with Gasteiger partial charge in [-0.1, -0.05) is 0 Å². The van der Waals surface area contributed by atoms with E-state index in [0.717, 1.165) is 29.2 Å². The predicted molar refractivity (Wildman–Crippen MR) is 87.4 cm³/mol. The molecule has 0 spiro atoms. The Hall–Kier alpha value is -3.14. The Morgan fingerprint density at radius 1 is 1.33 bits per heavy atom. The van der Waals surface area contributed by atoms with Gasteiger partial charge in [-0.3, -0.25) is 19.7 Å². The van der Waals surface area contributed by atoms with Gasteiger partial charge in [0.05, 0.1) is 28.0 Å². The largest absolute Gasteiger partial charge is 0.392 e. The molecule has 0 bridgehead atoms. The zero-order valence-electron chi connectivity index (χ0n) is 14.4. The average molecular weight is 376 g/mol. The SMILES string of the molecule is C[C@@H](O)[C@H]1C(=O)N2[C@@H](C(=O)OC(=O)c3ccc([N+](=O)[O-])cc3)C(=O)C[C@]12C. The molecule has 0 radical (unpaired) electrons. The summed E-state index contributed by atoms with van der Waals surface area (Å²) < 4.78 is 4.71. The molecule has 2 saturated heterocycles. The third kappa shape index (κ3) is 2.78. The van der Waals surface area contributed by atoms with Gasteiger partial charge in [-0.15, -0.1) is 0 Å². The number of fused-ring (bicyclic) bond motifs is 1. The number of nitro benzene ring substituents is 1. The standard InChI is InChI=1S/C17H16N2O8/c1-8(20)12-14(22)18-13(11(21)7-17(12,18)2)16(24)27-15(23)9-3-5-10(6-4-9)19(25)26/h3-6,8,12-13,20H,7H2,1-2H3/t8-,12+,13-,17-/m1/s1. The minimum atomic E-state index is -1.54. The van der Waals surface area contributed by atoms with Crippen LogP contribution in [0.2, 0.25) is 0 Å². The second-order valence-electron chi connectivity index (χ2n) is 6.84. The Labute approximate surface area is 152 Å². The van der Waals surface area contributed by atoms with Gasteiger partial charge in [0.25, 0.3) is 5.69 Å². The topological polar surface area (TPSA) is 144 Å². The first-order chi connectivity index (χ1) is 12.6. The molecule has 2 aliphatic rings. The predicted octanol–water partition coefficient (Wildman–Crippen LogP) is 0.217. The first-order valence-electron chi connectivity index (χ1n) is 8.12. The van der Waals surface area contributed by atoms with E-state index in [0.29, 0.717) is 0 Å². The molecule has 4 atom stereocenters. The van der Waals surface area contributed by atoms with Crippen molar-refractivity contribution in [2.24, 2.45) is 5.92 Å². The van der Waals surface area contributed by atoms with Gasteiger partial charge in [0.15, 0.2) is 11.8 Å². The van der Waals surface area contributed by atoms with Crippen molar-refractivity contribution < 1.29 is 33.9 Å². The van der Waals surface area contributed by atoms with Gasteiger partial charge >= 0.3 is 11.9 Å². The van der Waals surface area contributed by atoms with Crippen molar-refractivity contribution in [1.29, 1.82) is 0 Å². The minimum Gasteiger partial charge on any atom is -0.392 e. The second-order valence-corrected chi connectivity index (χ2v) is 6.84. The summed E-state index contributed by atoms with van der Waals surface area (Å²) in [4.78, 5) is 60.0. The lowest BCUT2D eigenvalue weighted by Gasteiger charge is -2.53. The molecule has 10 heteroatoms. The van der Waals surface area contributed by atoms with Gasteiger partial charge < -0.3 is 14.7 Å². The maximum Gasteiger partial charge on any atom is 0.345 e. The highest BCUT2D eigenvalue weighted by Crippen LogP contribution is 2.49. The Morgan fingerprint density at radius 2 is 1.93 bits per heavy atom. The van der Waals surface area contributed by atoms with Crippen LogP contribution in [0.5, 0.6) is 0 Å². The Kier molecular flexibility index (Phi) is 4.31. The van der Waals surface area contributed by atoms with E-state index in [-0.39, 0.29) is 17.7 Å². The van der Waals surface area contributed by atoms with Crippen molar-refractivity contribution in [3.63, 3.8) is 0 Å². The van der Waals surface area contributed by atoms with Crippen molar-refractivity contribution >= 4 is 29.3 Å². The van der Waals surface area contributed by atoms with Crippen molar-refractivity contribution in [1.82, 2.24) is 4.90 Å². The molecule has 1 N–H and O–H groups in total. The zero-order valence-corrected chi connectivity index (χ0v) is 14.4. The van der Waals surface area contributed by atoms with Gasteiger partial charge in [-0.25, -0.2) is 9.59 Å². The smallest absolute Gasteiger partial charge is 0.345 e. The molecule has 142 valence electrons. The first kappa shape index (κ1) is 18.6. The number of amides is 1. The van der Waals surface area contributed by atoms with Crippen LogP contribution in [0.15, 0.2) is 24.3 Å². The number of hydrogen-bond acceptors (Lipinski definition) is 8. The molecule has 1 amide bonds. The van der Waals surface area contributed by atoms with Gasteiger partial charge in [-0.05, 0) is 26.0 Å². The zero-order chi connectivity index (χ0) is 20.1. The fourth-order valence-electron chi connectivity index (χ4n) is 3.85. The number of nitro groups is 1. The summed E-state index contributed by atoms with van der Waals surface area (Å²) in [7, 11) is 0. The Bertz CT molecular complexity index is 862. The fraction of sp³-hybridized carbons (Fsp3) is 0.412. The molecule has 3 rings (SSSR count). The molecular weight excluding hydrogens is 360 g/mol. The summed E-state index contributed by atoms with van der Waals surface area (Å²) in [6.07, 6.45) is -1.11. The normalized spacial score (nSPS) is 27.6. The molecule has 27 heavy (non-hydrogen) atoms. The summed E-state index contributed by atoms with van der Waals surface area (Å²) in [5.74, 6) is -4.20. The van der Waals surface area contributed by atoms with Gasteiger partial charge in [0.2, 0.25) is 5.91 Å². The summed E-state index contributed by atoms with van der Waals surface area (Å²) in [5, 5.41) is 20.4. The molecule has 0 aliphatic carbocycles. The van der Waals surface area contributed by atoms with Crippen LogP contribution in [0.4, 0.5) is 5.69 Å². The number of hydrogen-bond donors (Lipinski definition) is 1. The molecular formula is C17H16N2O8. The molecule has 2 fully saturated rings. The Balaban J connectivity index is 1.75. The number of carbonyl (C=O) groups is 4. The van der Waals surface area contributed by atoms with Crippen LogP contribution in [-0.4, -0.2) is 56.2 Å². The number of β-lactam (4-membered cyclic amide) rings is 1. The third-order valence-electron chi connectivity index (χ3n) is 5.03. The second kappa shape index (κ2) is 6.23. The van der Waals surface area contributed by atoms with E-state index < -0.39 is 52.2 Å². The van der Waals surface area contributed by atoms with E-state index in [1.54, 1.807) is 6.92 Å². The van der Waals surface area contributed by atoms with E-state index in [1.807, 2.05) is 0 Å². The number of aliphatic hydroxyl groups is 1. The highest BCUT2D eigenvalue weighted by molar-refractivity contribution is 6.14. The number of carbonyl (C=O) groups excluding carboxylic acids is 4. The van der Waals surface area contributed by atoms with Gasteiger partial charge in [0, 0.05) is 18.6 Å². The molecule has 1 aromatic carbocycles. The highest BCUT2D eigenvalue weighted by atomic mass is 16.6. The van der Waals surface area contributed by atoms with Gasteiger partial charge in [0.1, 0.15) is 0 Å². The summed E-state index contributed by atoms with van der Waals surface area (Å²) in [5.41, 5.74) is -1.35. The van der Waals surface area contributed by atoms with E-state index in [4.69, 9.17) is 4.74 Å². The van der Waals surface area contributed by atoms with Crippen LogP contribution < -0.4 is 0 Å². The number of Topliss-reactive ketones (excluding diaryl/α,β-unsaturated/α-hetero) is 1. The Morgan fingerprint density at radius 3 is 2.44 bits per heavy atom. The van der Waals surface area contributed by atoms with Gasteiger partial charge in [-0.2, -0.15) is 0 Å². The summed E-state index contributed by atoms with van der Waals surface area (Å²) >= 11 is 0. The number of rotatable bonds is 4. The van der Waals surface area contributed by atoms with E-state index in [9.17, 15) is 34.4 Å². The number of benzene rings is 1. The molecule has 0 unspecified atom stereocenters. The lowest BCUT2D eigenvalue weighted by molar-refractivity contribution is -0.384. The van der Waals surface area contributed by atoms with E-state index in [1.165, 1.54) is 6.92 Å². The van der Waals surface area contributed by atoms with Crippen LogP contribution in [0.25, 0.3) is 0 Å². The molecule has 1 aromatic rings. The van der Waals surface area contributed by atoms with Crippen molar-refractivity contribution in [3.05, 3.63) is 39.9 Å². The van der Waals surface area contributed by atoms with Crippen LogP contribution in [0, 0.1) is 16.0 Å². The van der Waals surface area contributed by atoms with Crippen LogP contribution in [-0.2, 0) is 19.1 Å². The average Bonchev–Trinajstić information content (AvgIpc) is 2.81. The minimum absolute atomic E-state index is 0.112. The third-order valence-corrected chi connectivity index (χ3v) is 5.03. The van der Waals surface area contributed by atoms with Crippen LogP contribution in [0.1, 0.15) is 30.6 Å². The molecule has 10 nitrogen and oxygen atoms in total. The molecule has 2 aliphatic heterocycles. The lowest BCUT2D eigenvalue weighted by atomic mass is 9.72. The monoisotopic (exact) mass is 376 g/mol. The number of aliphatic hydroxyl groups excluding tert-OH is 1. The number of non-ortho nitro benzene ring substituents is 1. The molecule has 0 aromatic heterocycles. The fourth-order valence-corrected chi connectivity index (χ4v) is 3.85. The maximum atomic E-state index is 12.3. The number of ketones is 1. The number of esters is 2. The number of nitrogens with zero attached hydrogens (tertiary/aromatic N) is 2. The van der Waals surface area contributed by atoms with Crippen molar-refractivity contribution in [2.45, 2.75) is 38.0 Å². The number of ether oxygens (including phenoxy) is 1. The van der Waals surface area contributed by atoms with Crippen molar-refractivity contribution in [3.8, 4) is 0 Å².